The molecule has 0 bridgehead atoms. The fourth-order valence-corrected chi connectivity index (χ4v) is 2.65. The van der Waals surface area contributed by atoms with Crippen molar-refractivity contribution in [3.8, 4) is 0 Å². The molecule has 2 aromatic rings. The Hall–Kier alpha value is -2.20. The van der Waals surface area contributed by atoms with Crippen LogP contribution in [0.15, 0.2) is 36.5 Å². The molecule has 2 N–H and O–H groups in total. The second-order valence-corrected chi connectivity index (χ2v) is 5.23. The number of amides is 1. The number of aryl methyl sites for hydroxylation is 1. The maximum absolute atomic E-state index is 12.3. The summed E-state index contributed by atoms with van der Waals surface area (Å²) in [4.78, 5) is 16.6. The third-order valence-corrected chi connectivity index (χ3v) is 3.88. The minimum Gasteiger partial charge on any atom is -0.346 e. The molecular weight excluding hydrogens is 262 g/mol. The summed E-state index contributed by atoms with van der Waals surface area (Å²) in [6.07, 6.45) is 2.69. The third kappa shape index (κ3) is 2.95. The molecule has 0 atom stereocenters. The van der Waals surface area contributed by atoms with Gasteiger partial charge in [-0.3, -0.25) is 9.78 Å². The summed E-state index contributed by atoms with van der Waals surface area (Å²) in [5, 5.41) is 6.24. The van der Waals surface area contributed by atoms with Crippen LogP contribution < -0.4 is 10.6 Å². The van der Waals surface area contributed by atoms with E-state index in [0.29, 0.717) is 12.1 Å². The molecule has 4 heteroatoms. The van der Waals surface area contributed by atoms with Gasteiger partial charge in [0.1, 0.15) is 0 Å². The van der Waals surface area contributed by atoms with Crippen molar-refractivity contribution in [1.82, 2.24) is 15.6 Å². The summed E-state index contributed by atoms with van der Waals surface area (Å²) < 4.78 is 0. The van der Waals surface area contributed by atoms with Crippen LogP contribution in [0.3, 0.4) is 0 Å². The lowest BCUT2D eigenvalue weighted by atomic mass is 10.1. The molecule has 1 aliphatic heterocycles. The van der Waals surface area contributed by atoms with Crippen LogP contribution in [0, 0.1) is 0 Å². The van der Waals surface area contributed by atoms with Crippen molar-refractivity contribution in [2.75, 3.05) is 0 Å². The standard InChI is InChI=1S/C17H19N3O/c1-2-12-4-3-7-19-16(12)11-20-17(21)13-5-6-14-9-18-10-15(14)8-13/h3-8,18H,2,9-11H2,1H3,(H,20,21). The lowest BCUT2D eigenvalue weighted by Crippen LogP contribution is -2.24. The molecule has 21 heavy (non-hydrogen) atoms. The van der Waals surface area contributed by atoms with Crippen molar-refractivity contribution in [3.05, 3.63) is 64.5 Å². The van der Waals surface area contributed by atoms with E-state index in [-0.39, 0.29) is 5.91 Å². The van der Waals surface area contributed by atoms with Crippen LogP contribution in [-0.4, -0.2) is 10.9 Å². The first-order valence-electron chi connectivity index (χ1n) is 7.31. The monoisotopic (exact) mass is 281 g/mol. The highest BCUT2D eigenvalue weighted by Gasteiger charge is 2.13. The Morgan fingerprint density at radius 3 is 3.00 bits per heavy atom. The van der Waals surface area contributed by atoms with E-state index >= 15 is 0 Å². The topological polar surface area (TPSA) is 54.0 Å². The van der Waals surface area contributed by atoms with Crippen LogP contribution in [0.2, 0.25) is 0 Å². The molecule has 108 valence electrons. The van der Waals surface area contributed by atoms with E-state index in [1.165, 1.54) is 16.7 Å². The number of fused-ring (bicyclic) bond motifs is 1. The molecule has 0 saturated carbocycles. The predicted octanol–water partition coefficient (Wildman–Crippen LogP) is 2.18. The molecule has 0 unspecified atom stereocenters. The van der Waals surface area contributed by atoms with Gasteiger partial charge in [0.05, 0.1) is 12.2 Å². The van der Waals surface area contributed by atoms with Crippen LogP contribution in [0.1, 0.15) is 39.7 Å². The summed E-state index contributed by atoms with van der Waals surface area (Å²) in [7, 11) is 0. The third-order valence-electron chi connectivity index (χ3n) is 3.88. The van der Waals surface area contributed by atoms with E-state index in [9.17, 15) is 4.79 Å². The van der Waals surface area contributed by atoms with E-state index in [4.69, 9.17) is 0 Å². The van der Waals surface area contributed by atoms with E-state index < -0.39 is 0 Å². The molecule has 1 amide bonds. The van der Waals surface area contributed by atoms with Crippen molar-refractivity contribution in [3.63, 3.8) is 0 Å². The zero-order valence-corrected chi connectivity index (χ0v) is 12.1. The molecule has 0 spiro atoms. The van der Waals surface area contributed by atoms with Gasteiger partial charge in [0.2, 0.25) is 0 Å². The number of nitrogens with zero attached hydrogens (tertiary/aromatic N) is 1. The summed E-state index contributed by atoms with van der Waals surface area (Å²) in [5.74, 6) is -0.0441. The molecular formula is C17H19N3O. The van der Waals surface area contributed by atoms with Crippen LogP contribution in [0.25, 0.3) is 0 Å². The van der Waals surface area contributed by atoms with Crippen molar-refractivity contribution < 1.29 is 4.79 Å². The van der Waals surface area contributed by atoms with Crippen molar-refractivity contribution >= 4 is 5.91 Å². The summed E-state index contributed by atoms with van der Waals surface area (Å²) >= 11 is 0. The fourth-order valence-electron chi connectivity index (χ4n) is 2.65. The molecule has 0 saturated heterocycles. The Labute approximate surface area is 124 Å². The van der Waals surface area contributed by atoms with Crippen molar-refractivity contribution in [2.45, 2.75) is 33.0 Å². The highest BCUT2D eigenvalue weighted by atomic mass is 16.1. The lowest BCUT2D eigenvalue weighted by molar-refractivity contribution is 0.0950. The average Bonchev–Trinajstić information content (AvgIpc) is 3.00. The molecule has 3 rings (SSSR count). The van der Waals surface area contributed by atoms with E-state index in [1.54, 1.807) is 6.20 Å². The number of hydrogen-bond acceptors (Lipinski definition) is 3. The smallest absolute Gasteiger partial charge is 0.251 e. The van der Waals surface area contributed by atoms with Gasteiger partial charge in [-0.25, -0.2) is 0 Å². The number of pyridine rings is 1. The van der Waals surface area contributed by atoms with Gasteiger partial charge in [-0.1, -0.05) is 19.1 Å². The predicted molar refractivity (Wildman–Crippen MR) is 81.8 cm³/mol. The van der Waals surface area contributed by atoms with E-state index in [2.05, 4.69) is 28.6 Å². The molecule has 1 aliphatic rings. The van der Waals surface area contributed by atoms with Gasteiger partial charge < -0.3 is 10.6 Å². The van der Waals surface area contributed by atoms with Crippen LogP contribution in [0.4, 0.5) is 0 Å². The molecule has 2 heterocycles. The van der Waals surface area contributed by atoms with Crippen LogP contribution in [0.5, 0.6) is 0 Å². The Balaban J connectivity index is 1.69. The second-order valence-electron chi connectivity index (χ2n) is 5.23. The number of hydrogen-bond donors (Lipinski definition) is 2. The number of nitrogens with one attached hydrogen (secondary N) is 2. The van der Waals surface area contributed by atoms with Crippen LogP contribution in [-0.2, 0) is 26.1 Å². The van der Waals surface area contributed by atoms with Gasteiger partial charge in [0.25, 0.3) is 5.91 Å². The van der Waals surface area contributed by atoms with Gasteiger partial charge in [-0.05, 0) is 41.3 Å². The zero-order chi connectivity index (χ0) is 14.7. The first-order valence-corrected chi connectivity index (χ1v) is 7.31. The largest absolute Gasteiger partial charge is 0.346 e. The lowest BCUT2D eigenvalue weighted by Gasteiger charge is -2.09. The molecule has 4 nitrogen and oxygen atoms in total. The fraction of sp³-hybridized carbons (Fsp3) is 0.294. The Kier molecular flexibility index (Phi) is 3.97. The van der Waals surface area contributed by atoms with Gasteiger partial charge in [-0.15, -0.1) is 0 Å². The van der Waals surface area contributed by atoms with E-state index in [0.717, 1.165) is 25.2 Å². The maximum atomic E-state index is 12.3. The Morgan fingerprint density at radius 2 is 2.14 bits per heavy atom. The molecule has 1 aromatic heterocycles. The zero-order valence-electron chi connectivity index (χ0n) is 12.1. The highest BCUT2D eigenvalue weighted by molar-refractivity contribution is 5.94. The summed E-state index contributed by atoms with van der Waals surface area (Å²) in [5.41, 5.74) is 5.33. The highest BCUT2D eigenvalue weighted by Crippen LogP contribution is 2.17. The maximum Gasteiger partial charge on any atom is 0.251 e. The first kappa shape index (κ1) is 13.8. The van der Waals surface area contributed by atoms with Crippen molar-refractivity contribution in [2.24, 2.45) is 0 Å². The summed E-state index contributed by atoms with van der Waals surface area (Å²) in [6, 6.07) is 9.87. The quantitative estimate of drug-likeness (QED) is 0.903. The number of carbonyl (C=O) groups is 1. The van der Waals surface area contributed by atoms with Crippen molar-refractivity contribution in [1.29, 1.82) is 0 Å². The van der Waals surface area contributed by atoms with Gasteiger partial charge in [0, 0.05) is 24.8 Å². The Bertz CT molecular complexity index is 667. The number of benzene rings is 1. The minimum atomic E-state index is -0.0441. The van der Waals surface area contributed by atoms with E-state index in [1.807, 2.05) is 24.3 Å². The van der Waals surface area contributed by atoms with Gasteiger partial charge in [-0.2, -0.15) is 0 Å². The van der Waals surface area contributed by atoms with Gasteiger partial charge >= 0.3 is 0 Å². The normalized spacial score (nSPS) is 13.0. The molecule has 0 radical (unpaired) electrons. The molecule has 0 aliphatic carbocycles. The van der Waals surface area contributed by atoms with Crippen LogP contribution >= 0.6 is 0 Å². The Morgan fingerprint density at radius 1 is 1.29 bits per heavy atom. The molecule has 1 aromatic carbocycles. The number of carbonyl (C=O) groups excluding carboxylic acids is 1. The summed E-state index contributed by atoms with van der Waals surface area (Å²) in [6.45, 7) is 4.30. The second kappa shape index (κ2) is 6.06. The minimum absolute atomic E-state index is 0.0441. The van der Waals surface area contributed by atoms with Gasteiger partial charge in [0.15, 0.2) is 0 Å². The number of rotatable bonds is 4. The number of aromatic nitrogens is 1. The molecule has 0 fully saturated rings. The first-order chi connectivity index (χ1) is 10.3. The average molecular weight is 281 g/mol. The SMILES string of the molecule is CCc1cccnc1CNC(=O)c1ccc2c(c1)CNC2.